The Morgan fingerprint density at radius 1 is 1.50 bits per heavy atom. The third-order valence-corrected chi connectivity index (χ3v) is 3.31. The quantitative estimate of drug-likeness (QED) is 0.936. The average molecular weight is 286 g/mol. The fraction of sp³-hybridized carbons (Fsp3) is 0.214. The van der Waals surface area contributed by atoms with E-state index in [1.54, 1.807) is 24.3 Å². The summed E-state index contributed by atoms with van der Waals surface area (Å²) in [6.07, 6.45) is 0. The van der Waals surface area contributed by atoms with Crippen molar-refractivity contribution in [2.45, 2.75) is 6.54 Å². The van der Waals surface area contributed by atoms with Gasteiger partial charge in [-0.25, -0.2) is 4.98 Å². The molecule has 0 atom stereocenters. The van der Waals surface area contributed by atoms with Crippen molar-refractivity contribution < 1.29 is 4.79 Å². The molecule has 5 nitrogen and oxygen atoms in total. The van der Waals surface area contributed by atoms with Gasteiger partial charge in [0.1, 0.15) is 0 Å². The number of hydrogen-bond acceptors (Lipinski definition) is 5. The fourth-order valence-corrected chi connectivity index (χ4v) is 2.36. The van der Waals surface area contributed by atoms with Gasteiger partial charge in [-0.3, -0.25) is 10.1 Å². The highest BCUT2D eigenvalue weighted by Crippen LogP contribution is 2.17. The Hall–Kier alpha value is -2.23. The summed E-state index contributed by atoms with van der Waals surface area (Å²) >= 11 is 1.39. The number of amides is 1. The predicted octanol–water partition coefficient (Wildman–Crippen LogP) is 2.33. The van der Waals surface area contributed by atoms with Crippen molar-refractivity contribution in [1.29, 1.82) is 5.26 Å². The number of hydrogen-bond donors (Lipinski definition) is 1. The SMILES string of the molecule is CN(C)Cc1csc(NC(=O)c2cccc(C#N)c2)n1. The fourth-order valence-electron chi connectivity index (χ4n) is 1.66. The summed E-state index contributed by atoms with van der Waals surface area (Å²) in [6.45, 7) is 0.732. The van der Waals surface area contributed by atoms with Crippen LogP contribution in [0, 0.1) is 11.3 Å². The number of carbonyl (C=O) groups excluding carboxylic acids is 1. The predicted molar refractivity (Wildman–Crippen MR) is 78.6 cm³/mol. The molecule has 1 aromatic heterocycles. The van der Waals surface area contributed by atoms with E-state index in [4.69, 9.17) is 5.26 Å². The summed E-state index contributed by atoms with van der Waals surface area (Å²) in [5, 5.41) is 14.0. The van der Waals surface area contributed by atoms with E-state index in [0.717, 1.165) is 12.2 Å². The number of rotatable bonds is 4. The van der Waals surface area contributed by atoms with E-state index < -0.39 is 0 Å². The van der Waals surface area contributed by atoms with Crippen LogP contribution in [0.5, 0.6) is 0 Å². The molecule has 0 fully saturated rings. The van der Waals surface area contributed by atoms with E-state index in [9.17, 15) is 4.79 Å². The molecular formula is C14H14N4OS. The summed E-state index contributed by atoms with van der Waals surface area (Å²) < 4.78 is 0. The zero-order valence-electron chi connectivity index (χ0n) is 11.3. The molecule has 2 aromatic rings. The highest BCUT2D eigenvalue weighted by Gasteiger charge is 2.10. The molecule has 1 heterocycles. The summed E-state index contributed by atoms with van der Waals surface area (Å²) in [6, 6.07) is 8.59. The first-order valence-electron chi connectivity index (χ1n) is 5.99. The van der Waals surface area contributed by atoms with Gasteiger partial charge >= 0.3 is 0 Å². The minimum atomic E-state index is -0.257. The highest BCUT2D eigenvalue weighted by atomic mass is 32.1. The van der Waals surface area contributed by atoms with Gasteiger partial charge in [-0.2, -0.15) is 5.26 Å². The van der Waals surface area contributed by atoms with E-state index >= 15 is 0 Å². The van der Waals surface area contributed by atoms with Crippen LogP contribution in [0.1, 0.15) is 21.6 Å². The van der Waals surface area contributed by atoms with Gasteiger partial charge in [-0.05, 0) is 32.3 Å². The van der Waals surface area contributed by atoms with Crippen LogP contribution >= 0.6 is 11.3 Å². The maximum Gasteiger partial charge on any atom is 0.257 e. The second kappa shape index (κ2) is 6.28. The molecule has 0 aliphatic carbocycles. The minimum Gasteiger partial charge on any atom is -0.304 e. The number of thiazole rings is 1. The molecule has 2 rings (SSSR count). The molecule has 0 aliphatic heterocycles. The second-order valence-electron chi connectivity index (χ2n) is 4.53. The Morgan fingerprint density at radius 3 is 3.00 bits per heavy atom. The Labute approximate surface area is 121 Å². The number of anilines is 1. The Balaban J connectivity index is 2.07. The van der Waals surface area contributed by atoms with Crippen molar-refractivity contribution in [1.82, 2.24) is 9.88 Å². The molecule has 0 radical (unpaired) electrons. The third kappa shape index (κ3) is 3.63. The van der Waals surface area contributed by atoms with Crippen molar-refractivity contribution in [2.24, 2.45) is 0 Å². The van der Waals surface area contributed by atoms with E-state index in [2.05, 4.69) is 10.3 Å². The molecule has 0 spiro atoms. The van der Waals surface area contributed by atoms with E-state index in [0.29, 0.717) is 16.3 Å². The molecule has 1 aromatic carbocycles. The van der Waals surface area contributed by atoms with Crippen molar-refractivity contribution >= 4 is 22.4 Å². The van der Waals surface area contributed by atoms with Gasteiger partial charge in [-0.15, -0.1) is 11.3 Å². The molecule has 0 saturated heterocycles. The Bertz CT molecular complexity index is 657. The molecule has 0 unspecified atom stereocenters. The number of nitriles is 1. The van der Waals surface area contributed by atoms with Gasteiger partial charge in [0.25, 0.3) is 5.91 Å². The Kier molecular flexibility index (Phi) is 4.45. The second-order valence-corrected chi connectivity index (χ2v) is 5.39. The largest absolute Gasteiger partial charge is 0.304 e. The molecule has 102 valence electrons. The zero-order valence-corrected chi connectivity index (χ0v) is 12.1. The number of carbonyl (C=O) groups is 1. The maximum atomic E-state index is 12.0. The first-order valence-corrected chi connectivity index (χ1v) is 6.87. The van der Waals surface area contributed by atoms with Crippen LogP contribution in [0.25, 0.3) is 0 Å². The van der Waals surface area contributed by atoms with Gasteiger partial charge in [0.15, 0.2) is 5.13 Å². The van der Waals surface area contributed by atoms with Crippen LogP contribution in [-0.2, 0) is 6.54 Å². The minimum absolute atomic E-state index is 0.257. The smallest absolute Gasteiger partial charge is 0.257 e. The first-order chi connectivity index (χ1) is 9.58. The molecule has 1 N–H and O–H groups in total. The first kappa shape index (κ1) is 14.2. The molecule has 6 heteroatoms. The number of benzene rings is 1. The lowest BCUT2D eigenvalue weighted by molar-refractivity contribution is 0.102. The number of nitrogens with one attached hydrogen (secondary N) is 1. The van der Waals surface area contributed by atoms with Gasteiger partial charge in [0.05, 0.1) is 17.3 Å². The highest BCUT2D eigenvalue weighted by molar-refractivity contribution is 7.13. The maximum absolute atomic E-state index is 12.0. The van der Waals surface area contributed by atoms with Crippen LogP contribution in [0.2, 0.25) is 0 Å². The summed E-state index contributed by atoms with van der Waals surface area (Å²) in [5.74, 6) is -0.257. The van der Waals surface area contributed by atoms with Crippen LogP contribution in [0.4, 0.5) is 5.13 Å². The monoisotopic (exact) mass is 286 g/mol. The van der Waals surface area contributed by atoms with Crippen LogP contribution < -0.4 is 5.32 Å². The van der Waals surface area contributed by atoms with E-state index in [1.807, 2.05) is 30.4 Å². The lowest BCUT2D eigenvalue weighted by Gasteiger charge is -2.05. The average Bonchev–Trinajstić information content (AvgIpc) is 2.85. The lowest BCUT2D eigenvalue weighted by atomic mass is 10.1. The summed E-state index contributed by atoms with van der Waals surface area (Å²) in [5.41, 5.74) is 1.83. The third-order valence-electron chi connectivity index (χ3n) is 2.50. The molecule has 0 bridgehead atoms. The lowest BCUT2D eigenvalue weighted by Crippen LogP contribution is -2.13. The van der Waals surface area contributed by atoms with Gasteiger partial charge in [0.2, 0.25) is 0 Å². The van der Waals surface area contributed by atoms with Crippen LogP contribution in [-0.4, -0.2) is 29.9 Å². The Morgan fingerprint density at radius 2 is 2.30 bits per heavy atom. The van der Waals surface area contributed by atoms with E-state index in [1.165, 1.54) is 11.3 Å². The van der Waals surface area contributed by atoms with Crippen molar-refractivity contribution in [3.63, 3.8) is 0 Å². The topological polar surface area (TPSA) is 69.0 Å². The molecule has 0 aliphatic rings. The zero-order chi connectivity index (χ0) is 14.5. The van der Waals surface area contributed by atoms with Gasteiger partial charge < -0.3 is 4.90 Å². The number of aromatic nitrogens is 1. The standard InChI is InChI=1S/C14H14N4OS/c1-18(2)8-12-9-20-14(16-12)17-13(19)11-5-3-4-10(6-11)7-15/h3-6,9H,8H2,1-2H3,(H,16,17,19). The number of nitrogens with zero attached hydrogens (tertiary/aromatic N) is 3. The van der Waals surface area contributed by atoms with Crippen molar-refractivity contribution in [2.75, 3.05) is 19.4 Å². The van der Waals surface area contributed by atoms with Crippen molar-refractivity contribution in [3.05, 3.63) is 46.5 Å². The van der Waals surface area contributed by atoms with Crippen LogP contribution in [0.15, 0.2) is 29.6 Å². The van der Waals surface area contributed by atoms with E-state index in [-0.39, 0.29) is 5.91 Å². The molecule has 20 heavy (non-hydrogen) atoms. The normalized spacial score (nSPS) is 10.3. The molecule has 1 amide bonds. The van der Waals surface area contributed by atoms with Crippen LogP contribution in [0.3, 0.4) is 0 Å². The van der Waals surface area contributed by atoms with Crippen molar-refractivity contribution in [3.8, 4) is 6.07 Å². The molecule has 0 saturated carbocycles. The summed E-state index contributed by atoms with van der Waals surface area (Å²) in [7, 11) is 3.93. The van der Waals surface area contributed by atoms with Gasteiger partial charge in [0, 0.05) is 17.5 Å². The van der Waals surface area contributed by atoms with Gasteiger partial charge in [-0.1, -0.05) is 6.07 Å². The summed E-state index contributed by atoms with van der Waals surface area (Å²) in [4.78, 5) is 18.4. The molecular weight excluding hydrogens is 272 g/mol.